The summed E-state index contributed by atoms with van der Waals surface area (Å²) in [6, 6.07) is 9.00. The molecular formula is C20H15Cl2F4NO5. The number of nitrogens with zero attached hydrogens (tertiary/aromatic N) is 1. The first-order chi connectivity index (χ1) is 15.0. The number of allylic oxidation sites excluding steroid dienone is 1. The number of carbonyl (C=O) groups is 1. The zero-order chi connectivity index (χ0) is 23.9. The van der Waals surface area contributed by atoms with E-state index < -0.39 is 24.6 Å². The third-order valence-corrected chi connectivity index (χ3v) is 4.35. The summed E-state index contributed by atoms with van der Waals surface area (Å²) >= 11 is 12.1. The summed E-state index contributed by atoms with van der Waals surface area (Å²) in [5.41, 5.74) is 0.397. The number of carboxylic acids is 1. The van der Waals surface area contributed by atoms with Crippen molar-refractivity contribution in [3.05, 3.63) is 69.5 Å². The second-order valence-corrected chi connectivity index (χ2v) is 6.76. The number of halogens is 6. The van der Waals surface area contributed by atoms with Crippen molar-refractivity contribution in [1.29, 1.82) is 0 Å². The molecular weight excluding hydrogens is 481 g/mol. The van der Waals surface area contributed by atoms with Crippen LogP contribution in [0.2, 0.25) is 10.0 Å². The van der Waals surface area contributed by atoms with Crippen molar-refractivity contribution in [2.75, 3.05) is 13.7 Å². The van der Waals surface area contributed by atoms with Crippen LogP contribution in [0.3, 0.4) is 0 Å². The standard InChI is InChI=1S/C20H15Cl2F4NO5/c1-30-27-17(19(28)29)13-5-3-2-4-11(13)10-32-12-8-14(21)18(15(22)9-12)31-7-6-16(23)20(24,25)26/h2-6,8-9H,7,10H2,1H3,(H,28,29). The van der Waals surface area contributed by atoms with Crippen molar-refractivity contribution in [3.8, 4) is 11.5 Å². The molecule has 6 nitrogen and oxygen atoms in total. The van der Waals surface area contributed by atoms with E-state index in [9.17, 15) is 27.5 Å². The van der Waals surface area contributed by atoms with Gasteiger partial charge in [0.2, 0.25) is 5.83 Å². The molecule has 12 heteroatoms. The number of carboxylic acid groups (broad SMARTS) is 1. The van der Waals surface area contributed by atoms with Crippen molar-refractivity contribution in [1.82, 2.24) is 0 Å². The largest absolute Gasteiger partial charge is 0.489 e. The molecule has 0 aliphatic rings. The van der Waals surface area contributed by atoms with Crippen LogP contribution in [0.25, 0.3) is 0 Å². The van der Waals surface area contributed by atoms with Gasteiger partial charge in [-0.3, -0.25) is 0 Å². The number of aliphatic carboxylic acids is 1. The first-order valence-electron chi connectivity index (χ1n) is 8.64. The molecule has 0 saturated carbocycles. The Morgan fingerprint density at radius 1 is 1.16 bits per heavy atom. The van der Waals surface area contributed by atoms with Crippen molar-refractivity contribution >= 4 is 34.9 Å². The van der Waals surface area contributed by atoms with Crippen LogP contribution in [0.5, 0.6) is 11.5 Å². The summed E-state index contributed by atoms with van der Waals surface area (Å²) in [6.45, 7) is -0.853. The lowest BCUT2D eigenvalue weighted by molar-refractivity contribution is -0.129. The highest BCUT2D eigenvalue weighted by atomic mass is 35.5. The van der Waals surface area contributed by atoms with Crippen LogP contribution in [0.15, 0.2) is 53.5 Å². The molecule has 0 heterocycles. The summed E-state index contributed by atoms with van der Waals surface area (Å²) in [7, 11) is 1.21. The van der Waals surface area contributed by atoms with E-state index in [4.69, 9.17) is 32.7 Å². The number of alkyl halides is 3. The molecule has 0 fully saturated rings. The Balaban J connectivity index is 2.16. The number of hydrogen-bond acceptors (Lipinski definition) is 5. The lowest BCUT2D eigenvalue weighted by Gasteiger charge is -2.13. The molecule has 0 saturated heterocycles. The van der Waals surface area contributed by atoms with Gasteiger partial charge in [0, 0.05) is 17.7 Å². The van der Waals surface area contributed by atoms with Crippen LogP contribution in [0, 0.1) is 0 Å². The van der Waals surface area contributed by atoms with Crippen LogP contribution in [-0.4, -0.2) is 36.7 Å². The Bertz CT molecular complexity index is 1020. The summed E-state index contributed by atoms with van der Waals surface area (Å²) in [5, 5.41) is 12.7. The highest BCUT2D eigenvalue weighted by Gasteiger charge is 2.34. The van der Waals surface area contributed by atoms with Crippen LogP contribution >= 0.6 is 23.2 Å². The summed E-state index contributed by atoms with van der Waals surface area (Å²) in [4.78, 5) is 16.0. The Morgan fingerprint density at radius 2 is 1.78 bits per heavy atom. The number of ether oxygens (including phenoxy) is 2. The summed E-state index contributed by atoms with van der Waals surface area (Å²) < 4.78 is 60.0. The average Bonchev–Trinajstić information content (AvgIpc) is 2.71. The van der Waals surface area contributed by atoms with Crippen LogP contribution in [0.4, 0.5) is 17.6 Å². The number of benzene rings is 2. The van der Waals surface area contributed by atoms with E-state index in [0.717, 1.165) is 0 Å². The molecule has 0 bridgehead atoms. The van der Waals surface area contributed by atoms with E-state index in [2.05, 4.69) is 9.99 Å². The molecule has 0 spiro atoms. The maximum Gasteiger partial charge on any atom is 0.442 e. The molecule has 0 amide bonds. The Kier molecular flexibility index (Phi) is 8.73. The highest BCUT2D eigenvalue weighted by molar-refractivity contribution is 6.42. The Morgan fingerprint density at radius 3 is 2.34 bits per heavy atom. The average molecular weight is 496 g/mol. The van der Waals surface area contributed by atoms with Gasteiger partial charge in [0.1, 0.15) is 26.1 Å². The molecule has 2 rings (SSSR count). The smallest absolute Gasteiger partial charge is 0.442 e. The fourth-order valence-corrected chi connectivity index (χ4v) is 2.98. The van der Waals surface area contributed by atoms with Gasteiger partial charge in [0.15, 0.2) is 11.5 Å². The Labute approximate surface area is 189 Å². The van der Waals surface area contributed by atoms with Crippen molar-refractivity contribution < 1.29 is 41.8 Å². The van der Waals surface area contributed by atoms with Gasteiger partial charge in [-0.1, -0.05) is 52.6 Å². The predicted octanol–water partition coefficient (Wildman–Crippen LogP) is 5.80. The molecule has 0 unspecified atom stereocenters. The molecule has 172 valence electrons. The first kappa shape index (κ1) is 25.3. The minimum absolute atomic E-state index is 0.0891. The summed E-state index contributed by atoms with van der Waals surface area (Å²) in [6.07, 6.45) is -4.91. The van der Waals surface area contributed by atoms with Crippen LogP contribution < -0.4 is 9.47 Å². The third-order valence-electron chi connectivity index (χ3n) is 3.78. The minimum Gasteiger partial charge on any atom is -0.489 e. The zero-order valence-corrected chi connectivity index (χ0v) is 17.8. The van der Waals surface area contributed by atoms with Gasteiger partial charge in [-0.05, 0) is 11.6 Å². The molecule has 2 aromatic rings. The monoisotopic (exact) mass is 495 g/mol. The van der Waals surface area contributed by atoms with Gasteiger partial charge in [-0.2, -0.15) is 13.2 Å². The van der Waals surface area contributed by atoms with E-state index in [1.165, 1.54) is 25.3 Å². The van der Waals surface area contributed by atoms with E-state index in [1.54, 1.807) is 18.2 Å². The number of oxime groups is 1. The quantitative estimate of drug-likeness (QED) is 0.270. The molecule has 0 radical (unpaired) electrons. The second-order valence-electron chi connectivity index (χ2n) is 5.95. The van der Waals surface area contributed by atoms with Gasteiger partial charge in [0.05, 0.1) is 10.0 Å². The van der Waals surface area contributed by atoms with Gasteiger partial charge in [-0.25, -0.2) is 9.18 Å². The number of rotatable bonds is 9. The minimum atomic E-state index is -5.11. The topological polar surface area (TPSA) is 77.4 Å². The Hall–Kier alpha value is -2.98. The fourth-order valence-electron chi connectivity index (χ4n) is 2.40. The second kappa shape index (κ2) is 11.1. The van der Waals surface area contributed by atoms with Gasteiger partial charge in [-0.15, -0.1) is 0 Å². The third kappa shape index (κ3) is 6.76. The van der Waals surface area contributed by atoms with E-state index in [1.807, 2.05) is 0 Å². The molecule has 0 aliphatic carbocycles. The predicted molar refractivity (Wildman–Crippen MR) is 109 cm³/mol. The van der Waals surface area contributed by atoms with Gasteiger partial charge in [0.25, 0.3) is 0 Å². The highest BCUT2D eigenvalue weighted by Crippen LogP contribution is 2.37. The summed E-state index contributed by atoms with van der Waals surface area (Å²) in [5.74, 6) is -3.60. The number of hydrogen-bond donors (Lipinski definition) is 1. The fraction of sp³-hybridized carbons (Fsp3) is 0.200. The maximum atomic E-state index is 12.8. The van der Waals surface area contributed by atoms with Crippen LogP contribution in [-0.2, 0) is 16.2 Å². The van der Waals surface area contributed by atoms with E-state index in [-0.39, 0.29) is 45.5 Å². The lowest BCUT2D eigenvalue weighted by atomic mass is 10.0. The molecule has 0 aromatic heterocycles. The van der Waals surface area contributed by atoms with Gasteiger partial charge < -0.3 is 19.4 Å². The van der Waals surface area contributed by atoms with E-state index in [0.29, 0.717) is 5.56 Å². The lowest BCUT2D eigenvalue weighted by Crippen LogP contribution is -2.17. The van der Waals surface area contributed by atoms with Gasteiger partial charge >= 0.3 is 12.1 Å². The molecule has 1 N–H and O–H groups in total. The molecule has 0 atom stereocenters. The zero-order valence-electron chi connectivity index (χ0n) is 16.3. The molecule has 2 aromatic carbocycles. The van der Waals surface area contributed by atoms with Crippen molar-refractivity contribution in [2.45, 2.75) is 12.8 Å². The van der Waals surface area contributed by atoms with Crippen molar-refractivity contribution in [2.24, 2.45) is 5.16 Å². The molecule has 0 aliphatic heterocycles. The van der Waals surface area contributed by atoms with E-state index >= 15 is 0 Å². The molecule has 32 heavy (non-hydrogen) atoms. The SMILES string of the molecule is CON=C(C(=O)O)c1ccccc1COc1cc(Cl)c(OCC=C(F)C(F)(F)F)c(Cl)c1. The normalized spacial score (nSPS) is 12.5. The maximum absolute atomic E-state index is 12.8. The first-order valence-corrected chi connectivity index (χ1v) is 9.40. The van der Waals surface area contributed by atoms with Crippen molar-refractivity contribution in [3.63, 3.8) is 0 Å². The van der Waals surface area contributed by atoms with Crippen LogP contribution in [0.1, 0.15) is 11.1 Å².